The molecule has 14 heavy (non-hydrogen) atoms. The molecule has 0 spiro atoms. The number of hydrogen-bond acceptors (Lipinski definition) is 4. The van der Waals surface area contributed by atoms with E-state index in [1.807, 2.05) is 11.8 Å². The van der Waals surface area contributed by atoms with Crippen molar-refractivity contribution in [2.24, 2.45) is 5.92 Å². The summed E-state index contributed by atoms with van der Waals surface area (Å²) in [4.78, 5) is 0. The zero-order valence-corrected chi connectivity index (χ0v) is 9.87. The van der Waals surface area contributed by atoms with Gasteiger partial charge in [-0.25, -0.2) is 8.42 Å². The summed E-state index contributed by atoms with van der Waals surface area (Å²) in [7, 11) is -2.69. The Labute approximate surface area is 89.9 Å². The third-order valence-corrected chi connectivity index (χ3v) is 5.95. The van der Waals surface area contributed by atoms with Crippen LogP contribution in [0.15, 0.2) is 0 Å². The minimum Gasteiger partial charge on any atom is -0.313 e. The molecule has 0 aromatic heterocycles. The minimum atomic E-state index is -2.69. The van der Waals surface area contributed by atoms with Crippen LogP contribution in [0.5, 0.6) is 0 Å². The van der Waals surface area contributed by atoms with Crippen molar-refractivity contribution >= 4 is 21.6 Å². The fourth-order valence-electron chi connectivity index (χ4n) is 2.06. The second-order valence-electron chi connectivity index (χ2n) is 4.24. The highest BCUT2D eigenvalue weighted by Crippen LogP contribution is 2.20. The third kappa shape index (κ3) is 2.87. The topological polar surface area (TPSA) is 46.2 Å². The number of rotatable bonds is 3. The van der Waals surface area contributed by atoms with Gasteiger partial charge in [-0.15, -0.1) is 0 Å². The van der Waals surface area contributed by atoms with Gasteiger partial charge in [0.1, 0.15) is 0 Å². The van der Waals surface area contributed by atoms with Gasteiger partial charge >= 0.3 is 0 Å². The van der Waals surface area contributed by atoms with Crippen LogP contribution in [-0.2, 0) is 9.84 Å². The molecule has 0 aromatic carbocycles. The summed E-state index contributed by atoms with van der Waals surface area (Å²) in [5, 5.41) is 3.48. The first-order valence-electron chi connectivity index (χ1n) is 5.17. The van der Waals surface area contributed by atoms with Crippen LogP contribution in [-0.4, -0.2) is 44.0 Å². The lowest BCUT2D eigenvalue weighted by Crippen LogP contribution is -2.33. The van der Waals surface area contributed by atoms with Gasteiger partial charge in [0.2, 0.25) is 0 Å². The Morgan fingerprint density at radius 3 is 2.79 bits per heavy atom. The van der Waals surface area contributed by atoms with Crippen LogP contribution in [0.25, 0.3) is 0 Å². The van der Waals surface area contributed by atoms with Crippen LogP contribution in [0.1, 0.15) is 12.8 Å². The van der Waals surface area contributed by atoms with E-state index in [-0.39, 0.29) is 0 Å². The molecule has 2 heterocycles. The van der Waals surface area contributed by atoms with E-state index in [2.05, 4.69) is 5.32 Å². The quantitative estimate of drug-likeness (QED) is 0.774. The molecule has 0 amide bonds. The van der Waals surface area contributed by atoms with Crippen molar-refractivity contribution in [2.75, 3.05) is 29.6 Å². The lowest BCUT2D eigenvalue weighted by atomic mass is 10.1. The monoisotopic (exact) mass is 235 g/mol. The van der Waals surface area contributed by atoms with Crippen LogP contribution in [0, 0.1) is 5.92 Å². The van der Waals surface area contributed by atoms with Crippen molar-refractivity contribution < 1.29 is 8.42 Å². The van der Waals surface area contributed by atoms with E-state index in [0.717, 1.165) is 13.0 Å². The van der Waals surface area contributed by atoms with Gasteiger partial charge in [-0.3, -0.25) is 0 Å². The van der Waals surface area contributed by atoms with Gasteiger partial charge in [0, 0.05) is 11.8 Å². The van der Waals surface area contributed by atoms with Crippen LogP contribution in [0.4, 0.5) is 0 Å². The molecule has 82 valence electrons. The molecule has 2 saturated heterocycles. The van der Waals surface area contributed by atoms with Crippen molar-refractivity contribution in [3.8, 4) is 0 Å². The first-order chi connectivity index (χ1) is 6.66. The van der Waals surface area contributed by atoms with Gasteiger partial charge < -0.3 is 5.32 Å². The average Bonchev–Trinajstić information content (AvgIpc) is 2.70. The van der Waals surface area contributed by atoms with Crippen molar-refractivity contribution in [3.05, 3.63) is 0 Å². The molecular weight excluding hydrogens is 218 g/mol. The zero-order valence-electron chi connectivity index (χ0n) is 8.24. The molecule has 2 rings (SSSR count). The number of nitrogens with one attached hydrogen (secondary N) is 1. The van der Waals surface area contributed by atoms with E-state index in [0.29, 0.717) is 23.5 Å². The van der Waals surface area contributed by atoms with Crippen LogP contribution < -0.4 is 5.32 Å². The first-order valence-corrected chi connectivity index (χ1v) is 8.15. The summed E-state index contributed by atoms with van der Waals surface area (Å²) in [6, 6.07) is 0.628. The lowest BCUT2D eigenvalue weighted by Gasteiger charge is -2.14. The molecule has 0 radical (unpaired) electrons. The Kier molecular flexibility index (Phi) is 3.39. The summed E-state index contributed by atoms with van der Waals surface area (Å²) in [5.41, 5.74) is 0. The molecule has 2 atom stereocenters. The van der Waals surface area contributed by atoms with Gasteiger partial charge in [-0.2, -0.15) is 11.8 Å². The zero-order chi connectivity index (χ0) is 10.0. The van der Waals surface area contributed by atoms with Gasteiger partial charge in [-0.1, -0.05) is 0 Å². The molecule has 2 aliphatic heterocycles. The fraction of sp³-hybridized carbons (Fsp3) is 1.00. The number of sulfone groups is 1. The highest BCUT2D eigenvalue weighted by Gasteiger charge is 2.28. The normalized spacial score (nSPS) is 36.3. The lowest BCUT2D eigenvalue weighted by molar-refractivity contribution is 0.471. The summed E-state index contributed by atoms with van der Waals surface area (Å²) in [6.45, 7) is 0.893. The number of thioether (sulfide) groups is 1. The van der Waals surface area contributed by atoms with Crippen LogP contribution >= 0.6 is 11.8 Å². The minimum absolute atomic E-state index is 0.366. The molecule has 0 bridgehead atoms. The average molecular weight is 235 g/mol. The van der Waals surface area contributed by atoms with E-state index < -0.39 is 9.84 Å². The molecule has 5 heteroatoms. The molecule has 2 aliphatic rings. The maximum absolute atomic E-state index is 11.2. The van der Waals surface area contributed by atoms with E-state index in [4.69, 9.17) is 0 Å². The second-order valence-corrected chi connectivity index (χ2v) is 7.62. The molecule has 0 saturated carbocycles. The third-order valence-electron chi connectivity index (χ3n) is 2.95. The van der Waals surface area contributed by atoms with Gasteiger partial charge in [0.05, 0.1) is 11.5 Å². The smallest absolute Gasteiger partial charge is 0.150 e. The standard InChI is InChI=1S/C9H17NO2S2/c11-14(12)4-2-8(7-14)5-10-9-1-3-13-6-9/h8-10H,1-7H2. The molecule has 3 nitrogen and oxygen atoms in total. The maximum Gasteiger partial charge on any atom is 0.150 e. The molecular formula is C9H17NO2S2. The SMILES string of the molecule is O=S1(=O)CCC(CNC2CCSC2)C1. The van der Waals surface area contributed by atoms with Crippen molar-refractivity contribution in [3.63, 3.8) is 0 Å². The Hall–Kier alpha value is 0.260. The van der Waals surface area contributed by atoms with E-state index in [1.165, 1.54) is 17.9 Å². The molecule has 0 aromatic rings. The van der Waals surface area contributed by atoms with Crippen molar-refractivity contribution in [1.29, 1.82) is 0 Å². The maximum atomic E-state index is 11.2. The fourth-order valence-corrected chi connectivity index (χ4v) is 5.11. The van der Waals surface area contributed by atoms with Gasteiger partial charge in [0.15, 0.2) is 9.84 Å². The van der Waals surface area contributed by atoms with Gasteiger partial charge in [0.25, 0.3) is 0 Å². The van der Waals surface area contributed by atoms with E-state index in [1.54, 1.807) is 0 Å². The van der Waals surface area contributed by atoms with Crippen LogP contribution in [0.3, 0.4) is 0 Å². The molecule has 0 aliphatic carbocycles. The van der Waals surface area contributed by atoms with Crippen LogP contribution in [0.2, 0.25) is 0 Å². The van der Waals surface area contributed by atoms with E-state index >= 15 is 0 Å². The summed E-state index contributed by atoms with van der Waals surface area (Å²) in [5.74, 6) is 3.62. The first kappa shape index (κ1) is 10.8. The molecule has 2 fully saturated rings. The molecule has 1 N–H and O–H groups in total. The van der Waals surface area contributed by atoms with E-state index in [9.17, 15) is 8.42 Å². The highest BCUT2D eigenvalue weighted by atomic mass is 32.2. The predicted molar refractivity (Wildman–Crippen MR) is 60.5 cm³/mol. The second kappa shape index (κ2) is 4.41. The largest absolute Gasteiger partial charge is 0.313 e. The Morgan fingerprint density at radius 1 is 1.36 bits per heavy atom. The highest BCUT2D eigenvalue weighted by molar-refractivity contribution is 7.99. The summed E-state index contributed by atoms with van der Waals surface area (Å²) in [6.07, 6.45) is 2.10. The Balaban J connectivity index is 1.71. The van der Waals surface area contributed by atoms with Gasteiger partial charge in [-0.05, 0) is 31.1 Å². The predicted octanol–water partition coefficient (Wildman–Crippen LogP) is 0.516. The Morgan fingerprint density at radius 2 is 2.21 bits per heavy atom. The molecule has 2 unspecified atom stereocenters. The number of hydrogen-bond donors (Lipinski definition) is 1. The summed E-state index contributed by atoms with van der Waals surface area (Å²) >= 11 is 1.98. The Bertz CT molecular complexity index is 283. The van der Waals surface area contributed by atoms with Crippen molar-refractivity contribution in [1.82, 2.24) is 5.32 Å². The summed E-state index contributed by atoms with van der Waals surface area (Å²) < 4.78 is 22.4. The van der Waals surface area contributed by atoms with Crippen molar-refractivity contribution in [2.45, 2.75) is 18.9 Å².